The number of nitrogens with two attached hydrogens (primary N) is 1. The van der Waals surface area contributed by atoms with Crippen LogP contribution in [0.1, 0.15) is 51.1 Å². The minimum atomic E-state index is -0.556. The van der Waals surface area contributed by atoms with Gasteiger partial charge in [0.25, 0.3) is 5.91 Å². The van der Waals surface area contributed by atoms with Crippen LogP contribution in [0.4, 0.5) is 5.69 Å². The number of carbonyl (C=O) groups excluding carboxylic acids is 2. The van der Waals surface area contributed by atoms with Gasteiger partial charge >= 0.3 is 5.97 Å². The van der Waals surface area contributed by atoms with Crippen molar-refractivity contribution in [2.24, 2.45) is 0 Å². The first kappa shape index (κ1) is 16.1. The molecule has 0 aromatic carbocycles. The second-order valence-electron chi connectivity index (χ2n) is 6.03. The van der Waals surface area contributed by atoms with Crippen molar-refractivity contribution in [3.05, 3.63) is 18.0 Å². The predicted octanol–water partition coefficient (Wildman–Crippen LogP) is 1.72. The Morgan fingerprint density at radius 1 is 1.40 bits per heavy atom. The molecule has 1 heterocycles. The van der Waals surface area contributed by atoms with Crippen molar-refractivity contribution in [3.8, 4) is 0 Å². The van der Waals surface area contributed by atoms with Crippen LogP contribution in [-0.2, 0) is 9.53 Å². The first-order valence-electron chi connectivity index (χ1n) is 6.55. The van der Waals surface area contributed by atoms with Gasteiger partial charge in [-0.25, -0.2) is 4.79 Å². The van der Waals surface area contributed by atoms with Gasteiger partial charge in [-0.1, -0.05) is 0 Å². The number of esters is 1. The topological polar surface area (TPSA) is 86.3 Å². The molecule has 0 aliphatic heterocycles. The van der Waals surface area contributed by atoms with E-state index in [1.807, 2.05) is 34.6 Å². The number of nitrogens with zero attached hydrogens (tertiary/aromatic N) is 1. The molecule has 0 aliphatic carbocycles. The summed E-state index contributed by atoms with van der Waals surface area (Å²) in [5.41, 5.74) is 6.17. The van der Waals surface area contributed by atoms with Crippen LogP contribution in [0.3, 0.4) is 0 Å². The monoisotopic (exact) mass is 281 g/mol. The molecule has 112 valence electrons. The highest BCUT2D eigenvalue weighted by Crippen LogP contribution is 2.17. The predicted molar refractivity (Wildman–Crippen MR) is 77.4 cm³/mol. The number of hydrogen-bond acceptors (Lipinski definition) is 4. The molecule has 0 unspecified atom stereocenters. The van der Waals surface area contributed by atoms with Crippen LogP contribution in [0.15, 0.2) is 12.3 Å². The van der Waals surface area contributed by atoms with E-state index in [0.717, 1.165) is 0 Å². The molecule has 0 bridgehead atoms. The third-order valence-electron chi connectivity index (χ3n) is 2.48. The standard InChI is InChI=1S/C14H23N3O3/c1-9(2)17-7-10(15)6-11(17)13(19)20-8-12(18)16-14(3,4)5/h6-7,9H,8,15H2,1-5H3,(H,16,18). The normalized spacial score (nSPS) is 11.5. The number of nitrogens with one attached hydrogen (secondary N) is 1. The van der Waals surface area contributed by atoms with Crippen LogP contribution in [0.25, 0.3) is 0 Å². The maximum Gasteiger partial charge on any atom is 0.355 e. The summed E-state index contributed by atoms with van der Waals surface area (Å²) in [4.78, 5) is 23.6. The Morgan fingerprint density at radius 2 is 2.00 bits per heavy atom. The molecule has 0 aliphatic rings. The summed E-state index contributed by atoms with van der Waals surface area (Å²) in [6.45, 7) is 9.14. The van der Waals surface area contributed by atoms with Crippen molar-refractivity contribution in [2.75, 3.05) is 12.3 Å². The Morgan fingerprint density at radius 3 is 2.50 bits per heavy atom. The molecule has 1 rings (SSSR count). The number of anilines is 1. The Kier molecular flexibility index (Phi) is 4.81. The van der Waals surface area contributed by atoms with Crippen LogP contribution < -0.4 is 11.1 Å². The van der Waals surface area contributed by atoms with E-state index in [0.29, 0.717) is 11.4 Å². The lowest BCUT2D eigenvalue weighted by molar-refractivity contribution is -0.125. The Hall–Kier alpha value is -1.98. The fraction of sp³-hybridized carbons (Fsp3) is 0.571. The molecule has 6 heteroatoms. The van der Waals surface area contributed by atoms with E-state index in [4.69, 9.17) is 10.5 Å². The zero-order valence-electron chi connectivity index (χ0n) is 12.7. The van der Waals surface area contributed by atoms with E-state index < -0.39 is 5.97 Å². The fourth-order valence-corrected chi connectivity index (χ4v) is 1.75. The molecular formula is C14H23N3O3. The van der Waals surface area contributed by atoms with E-state index in [9.17, 15) is 9.59 Å². The molecule has 1 aromatic heterocycles. The quantitative estimate of drug-likeness (QED) is 0.823. The van der Waals surface area contributed by atoms with Crippen LogP contribution in [-0.4, -0.2) is 28.6 Å². The Labute approximate surface area is 119 Å². The van der Waals surface area contributed by atoms with Crippen LogP contribution >= 0.6 is 0 Å². The van der Waals surface area contributed by atoms with Gasteiger partial charge in [0.1, 0.15) is 5.69 Å². The van der Waals surface area contributed by atoms with Crippen molar-refractivity contribution >= 4 is 17.6 Å². The highest BCUT2D eigenvalue weighted by atomic mass is 16.5. The lowest BCUT2D eigenvalue weighted by Crippen LogP contribution is -2.42. The summed E-state index contributed by atoms with van der Waals surface area (Å²) < 4.78 is 6.73. The van der Waals surface area contributed by atoms with E-state index in [2.05, 4.69) is 5.32 Å². The van der Waals surface area contributed by atoms with Gasteiger partial charge in [0.05, 0.1) is 5.69 Å². The average Bonchev–Trinajstić information content (AvgIpc) is 2.66. The van der Waals surface area contributed by atoms with Gasteiger partial charge in [0, 0.05) is 17.8 Å². The lowest BCUT2D eigenvalue weighted by Gasteiger charge is -2.20. The van der Waals surface area contributed by atoms with Crippen LogP contribution in [0, 0.1) is 0 Å². The van der Waals surface area contributed by atoms with E-state index in [1.54, 1.807) is 16.8 Å². The number of ether oxygens (including phenoxy) is 1. The summed E-state index contributed by atoms with van der Waals surface area (Å²) in [6.07, 6.45) is 1.68. The SMILES string of the molecule is CC(C)n1cc(N)cc1C(=O)OCC(=O)NC(C)(C)C. The van der Waals surface area contributed by atoms with Gasteiger partial charge < -0.3 is 20.4 Å². The summed E-state index contributed by atoms with van der Waals surface area (Å²) >= 11 is 0. The van der Waals surface area contributed by atoms with E-state index >= 15 is 0 Å². The molecule has 6 nitrogen and oxygen atoms in total. The smallest absolute Gasteiger partial charge is 0.355 e. The van der Waals surface area contributed by atoms with Crippen LogP contribution in [0.2, 0.25) is 0 Å². The highest BCUT2D eigenvalue weighted by molar-refractivity contribution is 5.91. The molecule has 0 atom stereocenters. The molecule has 0 saturated carbocycles. The first-order valence-corrected chi connectivity index (χ1v) is 6.55. The number of rotatable bonds is 4. The molecule has 1 amide bonds. The minimum absolute atomic E-state index is 0.0817. The van der Waals surface area contributed by atoms with E-state index in [1.165, 1.54) is 0 Å². The van der Waals surface area contributed by atoms with Crippen molar-refractivity contribution < 1.29 is 14.3 Å². The largest absolute Gasteiger partial charge is 0.451 e. The van der Waals surface area contributed by atoms with Gasteiger partial charge in [0.15, 0.2) is 6.61 Å². The van der Waals surface area contributed by atoms with E-state index in [-0.39, 0.29) is 24.1 Å². The average molecular weight is 281 g/mol. The third-order valence-corrected chi connectivity index (χ3v) is 2.48. The van der Waals surface area contributed by atoms with Gasteiger partial charge in [0.2, 0.25) is 0 Å². The number of hydrogen-bond donors (Lipinski definition) is 2. The van der Waals surface area contributed by atoms with Gasteiger partial charge in [-0.05, 0) is 40.7 Å². The molecular weight excluding hydrogens is 258 g/mol. The number of amides is 1. The molecule has 0 spiro atoms. The van der Waals surface area contributed by atoms with Gasteiger partial charge in [-0.15, -0.1) is 0 Å². The minimum Gasteiger partial charge on any atom is -0.451 e. The maximum absolute atomic E-state index is 12.0. The van der Waals surface area contributed by atoms with Crippen LogP contribution in [0.5, 0.6) is 0 Å². The summed E-state index contributed by atoms with van der Waals surface area (Å²) in [6, 6.07) is 1.63. The van der Waals surface area contributed by atoms with Crippen molar-refractivity contribution in [2.45, 2.75) is 46.2 Å². The molecule has 0 saturated heterocycles. The van der Waals surface area contributed by atoms with Crippen molar-refractivity contribution in [3.63, 3.8) is 0 Å². The molecule has 3 N–H and O–H groups in total. The van der Waals surface area contributed by atoms with Gasteiger partial charge in [-0.3, -0.25) is 4.79 Å². The zero-order valence-corrected chi connectivity index (χ0v) is 12.7. The fourth-order valence-electron chi connectivity index (χ4n) is 1.75. The number of nitrogen functional groups attached to an aromatic ring is 1. The molecule has 20 heavy (non-hydrogen) atoms. The summed E-state index contributed by atoms with van der Waals surface area (Å²) in [5.74, 6) is -0.888. The number of aromatic nitrogens is 1. The Bertz CT molecular complexity index is 498. The maximum atomic E-state index is 12.0. The highest BCUT2D eigenvalue weighted by Gasteiger charge is 2.19. The van der Waals surface area contributed by atoms with Gasteiger partial charge in [-0.2, -0.15) is 0 Å². The molecule has 0 fully saturated rings. The summed E-state index contributed by atoms with van der Waals surface area (Å²) in [5, 5.41) is 2.72. The third kappa shape index (κ3) is 4.60. The molecule has 0 radical (unpaired) electrons. The second kappa shape index (κ2) is 5.98. The first-order chi connectivity index (χ1) is 9.10. The number of carbonyl (C=O) groups is 2. The Balaban J connectivity index is 2.66. The lowest BCUT2D eigenvalue weighted by atomic mass is 10.1. The van der Waals surface area contributed by atoms with Crippen molar-refractivity contribution in [1.29, 1.82) is 0 Å². The molecule has 1 aromatic rings. The zero-order chi connectivity index (χ0) is 15.5. The summed E-state index contributed by atoms with van der Waals surface area (Å²) in [7, 11) is 0. The second-order valence-corrected chi connectivity index (χ2v) is 6.03. The van der Waals surface area contributed by atoms with Crippen molar-refractivity contribution in [1.82, 2.24) is 9.88 Å².